The second kappa shape index (κ2) is 7.20. The highest BCUT2D eigenvalue weighted by atomic mass is 19.4. The number of esters is 1. The van der Waals surface area contributed by atoms with Gasteiger partial charge in [-0.25, -0.2) is 0 Å². The number of ether oxygens (including phenoxy) is 2. The summed E-state index contributed by atoms with van der Waals surface area (Å²) < 4.78 is 49.7. The third-order valence-corrected chi connectivity index (χ3v) is 5.04. The van der Waals surface area contributed by atoms with Gasteiger partial charge < -0.3 is 9.47 Å². The second-order valence-electron chi connectivity index (χ2n) is 7.35. The predicted octanol–water partition coefficient (Wildman–Crippen LogP) is 3.09. The summed E-state index contributed by atoms with van der Waals surface area (Å²) in [4.78, 5) is 37.0. The summed E-state index contributed by atoms with van der Waals surface area (Å²) in [5.74, 6) is -2.37. The molecule has 2 saturated heterocycles. The monoisotopic (exact) mass is 399 g/mol. The van der Waals surface area contributed by atoms with E-state index in [1.54, 1.807) is 6.92 Å². The summed E-state index contributed by atoms with van der Waals surface area (Å²) in [7, 11) is 0. The Bertz CT molecular complexity index is 809. The molecule has 0 radical (unpaired) electrons. The standard InChI is InChI=1S/C19H20F3NO5/c1-11(24)27-10-18(2)7-6-15(28-18)14-9-16(25)23(17(14)26)13-5-3-4-12(8-13)19(20,21)22/h3-5,8,14-15H,6-7,9-10H2,1-2H3. The topological polar surface area (TPSA) is 72.9 Å². The van der Waals surface area contributed by atoms with Crippen LogP contribution in [-0.2, 0) is 30.0 Å². The van der Waals surface area contributed by atoms with Gasteiger partial charge in [0.15, 0.2) is 0 Å². The van der Waals surface area contributed by atoms with Crippen LogP contribution in [0.4, 0.5) is 18.9 Å². The molecule has 28 heavy (non-hydrogen) atoms. The van der Waals surface area contributed by atoms with Crippen molar-refractivity contribution in [3.8, 4) is 0 Å². The van der Waals surface area contributed by atoms with Crippen LogP contribution in [-0.4, -0.2) is 36.1 Å². The van der Waals surface area contributed by atoms with E-state index in [0.29, 0.717) is 12.8 Å². The van der Waals surface area contributed by atoms with E-state index in [0.717, 1.165) is 23.1 Å². The number of alkyl halides is 3. The summed E-state index contributed by atoms with van der Waals surface area (Å²) in [5, 5.41) is 0. The summed E-state index contributed by atoms with van der Waals surface area (Å²) >= 11 is 0. The molecule has 0 bridgehead atoms. The van der Waals surface area contributed by atoms with Crippen molar-refractivity contribution in [1.29, 1.82) is 0 Å². The molecule has 0 spiro atoms. The smallest absolute Gasteiger partial charge is 0.416 e. The summed E-state index contributed by atoms with van der Waals surface area (Å²) in [5.41, 5.74) is -1.79. The summed E-state index contributed by atoms with van der Waals surface area (Å²) in [6.45, 7) is 3.06. The molecule has 9 heteroatoms. The van der Waals surface area contributed by atoms with Crippen molar-refractivity contribution in [2.45, 2.75) is 51.0 Å². The van der Waals surface area contributed by atoms with E-state index >= 15 is 0 Å². The molecule has 2 aliphatic rings. The fourth-order valence-corrected chi connectivity index (χ4v) is 3.61. The van der Waals surface area contributed by atoms with Crippen LogP contribution >= 0.6 is 0 Å². The maximum Gasteiger partial charge on any atom is 0.416 e. The van der Waals surface area contributed by atoms with Gasteiger partial charge in [0.05, 0.1) is 28.9 Å². The van der Waals surface area contributed by atoms with Gasteiger partial charge in [0.25, 0.3) is 0 Å². The van der Waals surface area contributed by atoms with Gasteiger partial charge in [-0.15, -0.1) is 0 Å². The lowest BCUT2D eigenvalue weighted by Crippen LogP contribution is -2.37. The van der Waals surface area contributed by atoms with Crippen LogP contribution in [0.1, 0.15) is 38.7 Å². The average molecular weight is 399 g/mol. The molecule has 2 amide bonds. The van der Waals surface area contributed by atoms with Crippen LogP contribution in [0, 0.1) is 5.92 Å². The van der Waals surface area contributed by atoms with Crippen molar-refractivity contribution in [2.24, 2.45) is 5.92 Å². The Morgan fingerprint density at radius 2 is 2.07 bits per heavy atom. The first-order valence-corrected chi connectivity index (χ1v) is 8.85. The molecule has 152 valence electrons. The zero-order valence-corrected chi connectivity index (χ0v) is 15.4. The third-order valence-electron chi connectivity index (χ3n) is 5.04. The normalized spacial score (nSPS) is 28.1. The zero-order valence-electron chi connectivity index (χ0n) is 15.4. The molecule has 3 atom stereocenters. The number of carbonyl (C=O) groups excluding carboxylic acids is 3. The van der Waals surface area contributed by atoms with E-state index in [1.165, 1.54) is 13.0 Å². The van der Waals surface area contributed by atoms with Crippen LogP contribution in [0.5, 0.6) is 0 Å². The molecule has 3 unspecified atom stereocenters. The SMILES string of the molecule is CC(=O)OCC1(C)CCC(C2CC(=O)N(c3cccc(C(F)(F)F)c3)C2=O)O1. The molecular formula is C19H20F3NO5. The van der Waals surface area contributed by atoms with Crippen LogP contribution in [0.3, 0.4) is 0 Å². The first kappa shape index (κ1) is 20.3. The van der Waals surface area contributed by atoms with Crippen molar-refractivity contribution in [3.05, 3.63) is 29.8 Å². The predicted molar refractivity (Wildman–Crippen MR) is 91.2 cm³/mol. The van der Waals surface area contributed by atoms with Gasteiger partial charge in [0.2, 0.25) is 11.8 Å². The molecule has 1 aromatic carbocycles. The third kappa shape index (κ3) is 4.04. The van der Waals surface area contributed by atoms with Gasteiger partial charge >= 0.3 is 12.1 Å². The Morgan fingerprint density at radius 1 is 1.36 bits per heavy atom. The molecule has 0 saturated carbocycles. The molecule has 6 nitrogen and oxygen atoms in total. The number of anilines is 1. The highest BCUT2D eigenvalue weighted by molar-refractivity contribution is 6.21. The fraction of sp³-hybridized carbons (Fsp3) is 0.526. The number of halogens is 3. The molecule has 1 aromatic rings. The summed E-state index contributed by atoms with van der Waals surface area (Å²) in [6, 6.07) is 4.13. The fourth-order valence-electron chi connectivity index (χ4n) is 3.61. The van der Waals surface area contributed by atoms with Crippen molar-refractivity contribution in [3.63, 3.8) is 0 Å². The molecular weight excluding hydrogens is 379 g/mol. The quantitative estimate of drug-likeness (QED) is 0.575. The molecule has 3 rings (SSSR count). The van der Waals surface area contributed by atoms with Crippen LogP contribution in [0.25, 0.3) is 0 Å². The molecule has 2 heterocycles. The first-order chi connectivity index (χ1) is 13.0. The van der Waals surface area contributed by atoms with Gasteiger partial charge in [-0.05, 0) is 38.0 Å². The van der Waals surface area contributed by atoms with E-state index in [9.17, 15) is 27.6 Å². The Labute approximate surface area is 159 Å². The lowest BCUT2D eigenvalue weighted by molar-refractivity contribution is -0.153. The molecule has 0 N–H and O–H groups in total. The first-order valence-electron chi connectivity index (χ1n) is 8.85. The summed E-state index contributed by atoms with van der Waals surface area (Å²) in [6.07, 6.45) is -4.25. The number of nitrogens with zero attached hydrogens (tertiary/aromatic N) is 1. The van der Waals surface area contributed by atoms with E-state index in [4.69, 9.17) is 9.47 Å². The number of imide groups is 1. The van der Waals surface area contributed by atoms with Crippen molar-refractivity contribution >= 4 is 23.5 Å². The van der Waals surface area contributed by atoms with Gasteiger partial charge in [0, 0.05) is 13.3 Å². The van der Waals surface area contributed by atoms with Gasteiger partial charge in [0.1, 0.15) is 6.61 Å². The lowest BCUT2D eigenvalue weighted by Gasteiger charge is -2.25. The van der Waals surface area contributed by atoms with E-state index in [2.05, 4.69) is 0 Å². The van der Waals surface area contributed by atoms with Crippen LogP contribution < -0.4 is 4.90 Å². The maximum atomic E-state index is 12.9. The number of amides is 2. The Morgan fingerprint density at radius 3 is 2.71 bits per heavy atom. The van der Waals surface area contributed by atoms with E-state index in [1.807, 2.05) is 0 Å². The maximum absolute atomic E-state index is 12.9. The zero-order chi connectivity index (χ0) is 20.7. The highest BCUT2D eigenvalue weighted by Gasteiger charge is 2.49. The number of carbonyl (C=O) groups is 3. The van der Waals surface area contributed by atoms with E-state index < -0.39 is 47.1 Å². The Hall–Kier alpha value is -2.42. The van der Waals surface area contributed by atoms with Crippen molar-refractivity contribution < 1.29 is 37.0 Å². The minimum absolute atomic E-state index is 0.0328. The number of benzene rings is 1. The minimum Gasteiger partial charge on any atom is -0.463 e. The van der Waals surface area contributed by atoms with Crippen LogP contribution in [0.2, 0.25) is 0 Å². The number of rotatable bonds is 4. The Balaban J connectivity index is 1.75. The number of hydrogen-bond acceptors (Lipinski definition) is 5. The van der Waals surface area contributed by atoms with Gasteiger partial charge in [-0.3, -0.25) is 19.3 Å². The van der Waals surface area contributed by atoms with Crippen molar-refractivity contribution in [2.75, 3.05) is 11.5 Å². The Kier molecular flexibility index (Phi) is 5.22. The lowest BCUT2D eigenvalue weighted by atomic mass is 9.96. The molecule has 2 aliphatic heterocycles. The van der Waals surface area contributed by atoms with Gasteiger partial charge in [-0.2, -0.15) is 13.2 Å². The van der Waals surface area contributed by atoms with E-state index in [-0.39, 0.29) is 18.7 Å². The number of hydrogen-bond donors (Lipinski definition) is 0. The second-order valence-corrected chi connectivity index (χ2v) is 7.35. The van der Waals surface area contributed by atoms with Crippen LogP contribution in [0.15, 0.2) is 24.3 Å². The molecule has 0 aromatic heterocycles. The minimum atomic E-state index is -4.58. The van der Waals surface area contributed by atoms with Crippen molar-refractivity contribution in [1.82, 2.24) is 0 Å². The average Bonchev–Trinajstić information content (AvgIpc) is 3.13. The largest absolute Gasteiger partial charge is 0.463 e. The molecule has 2 fully saturated rings. The molecule has 0 aliphatic carbocycles. The van der Waals surface area contributed by atoms with Gasteiger partial charge in [-0.1, -0.05) is 6.07 Å². The highest BCUT2D eigenvalue weighted by Crippen LogP contribution is 2.40.